The van der Waals surface area contributed by atoms with Gasteiger partial charge in [-0.25, -0.2) is 4.98 Å². The summed E-state index contributed by atoms with van der Waals surface area (Å²) in [6, 6.07) is 22.4. The first-order valence-electron chi connectivity index (χ1n) is 7.98. The summed E-state index contributed by atoms with van der Waals surface area (Å²) >= 11 is 1.62. The summed E-state index contributed by atoms with van der Waals surface area (Å²) in [6.07, 6.45) is 0.0792. The van der Waals surface area contributed by atoms with Crippen LogP contribution in [0, 0.1) is 0 Å². The van der Waals surface area contributed by atoms with E-state index in [9.17, 15) is 0 Å². The first kappa shape index (κ1) is 16.5. The summed E-state index contributed by atoms with van der Waals surface area (Å²) in [7, 11) is 0. The van der Waals surface area contributed by atoms with Gasteiger partial charge in [0.25, 0.3) is 0 Å². The van der Waals surface area contributed by atoms with E-state index < -0.39 is 0 Å². The average Bonchev–Trinajstić information content (AvgIpc) is 2.61. The molecule has 3 nitrogen and oxygen atoms in total. The van der Waals surface area contributed by atoms with Gasteiger partial charge in [0.1, 0.15) is 0 Å². The maximum absolute atomic E-state index is 5.80. The van der Waals surface area contributed by atoms with Crippen LogP contribution in [0.3, 0.4) is 0 Å². The molecule has 122 valence electrons. The van der Waals surface area contributed by atoms with Crippen LogP contribution in [0.25, 0.3) is 11.3 Å². The van der Waals surface area contributed by atoms with E-state index in [1.54, 1.807) is 11.8 Å². The van der Waals surface area contributed by atoms with E-state index in [4.69, 9.17) is 9.72 Å². The zero-order valence-corrected chi connectivity index (χ0v) is 14.7. The van der Waals surface area contributed by atoms with Gasteiger partial charge in [-0.15, -0.1) is 0 Å². The molecule has 4 heteroatoms. The molecule has 0 bridgehead atoms. The topological polar surface area (TPSA) is 35.0 Å². The van der Waals surface area contributed by atoms with Crippen LogP contribution in [0.5, 0.6) is 5.88 Å². The second kappa shape index (κ2) is 7.97. The van der Waals surface area contributed by atoms with Gasteiger partial charge in [-0.3, -0.25) is 0 Å². The summed E-state index contributed by atoms with van der Waals surface area (Å²) in [5.74, 6) is 1.45. The van der Waals surface area contributed by atoms with Gasteiger partial charge in [-0.2, -0.15) is 4.98 Å². The van der Waals surface area contributed by atoms with Crippen LogP contribution in [0.1, 0.15) is 19.4 Å². The van der Waals surface area contributed by atoms with E-state index in [-0.39, 0.29) is 6.10 Å². The fraction of sp³-hybridized carbons (Fsp3) is 0.200. The van der Waals surface area contributed by atoms with Gasteiger partial charge in [0.2, 0.25) is 5.88 Å². The molecule has 0 aliphatic rings. The summed E-state index contributed by atoms with van der Waals surface area (Å²) in [4.78, 5) is 9.24. The molecule has 24 heavy (non-hydrogen) atoms. The second-order valence-electron chi connectivity index (χ2n) is 5.68. The molecule has 0 saturated heterocycles. The van der Waals surface area contributed by atoms with Crippen molar-refractivity contribution in [2.24, 2.45) is 0 Å². The Morgan fingerprint density at radius 2 is 1.58 bits per heavy atom. The largest absolute Gasteiger partial charge is 0.475 e. The van der Waals surface area contributed by atoms with Crippen LogP contribution in [0.15, 0.2) is 71.9 Å². The third-order valence-corrected chi connectivity index (χ3v) is 4.24. The second-order valence-corrected chi connectivity index (χ2v) is 6.62. The summed E-state index contributed by atoms with van der Waals surface area (Å²) < 4.78 is 5.80. The van der Waals surface area contributed by atoms with Gasteiger partial charge in [0.15, 0.2) is 5.16 Å². The number of rotatable bonds is 6. The van der Waals surface area contributed by atoms with Crippen molar-refractivity contribution in [1.29, 1.82) is 0 Å². The van der Waals surface area contributed by atoms with E-state index in [1.807, 2.05) is 68.4 Å². The molecule has 1 heterocycles. The van der Waals surface area contributed by atoms with Gasteiger partial charge < -0.3 is 4.74 Å². The van der Waals surface area contributed by atoms with Crippen molar-refractivity contribution in [3.63, 3.8) is 0 Å². The maximum Gasteiger partial charge on any atom is 0.218 e. The van der Waals surface area contributed by atoms with Gasteiger partial charge in [0, 0.05) is 17.4 Å². The molecule has 0 atom stereocenters. The minimum absolute atomic E-state index is 0.0792. The molecule has 0 radical (unpaired) electrons. The highest BCUT2D eigenvalue weighted by atomic mass is 32.2. The molecule has 0 saturated carbocycles. The lowest BCUT2D eigenvalue weighted by Gasteiger charge is -2.11. The molecule has 0 N–H and O–H groups in total. The lowest BCUT2D eigenvalue weighted by Crippen LogP contribution is -2.08. The maximum atomic E-state index is 5.80. The Bertz CT molecular complexity index is 776. The van der Waals surface area contributed by atoms with Crippen molar-refractivity contribution in [3.8, 4) is 17.1 Å². The highest BCUT2D eigenvalue weighted by Crippen LogP contribution is 2.27. The van der Waals surface area contributed by atoms with Crippen LogP contribution in [-0.2, 0) is 5.75 Å². The molecular weight excluding hydrogens is 316 g/mol. The molecule has 0 aliphatic heterocycles. The molecule has 0 spiro atoms. The molecule has 0 fully saturated rings. The Hall–Kier alpha value is -2.33. The third kappa shape index (κ3) is 4.59. The van der Waals surface area contributed by atoms with Gasteiger partial charge in [0.05, 0.1) is 11.8 Å². The van der Waals surface area contributed by atoms with Crippen LogP contribution < -0.4 is 4.74 Å². The molecule has 0 unspecified atom stereocenters. The lowest BCUT2D eigenvalue weighted by atomic mass is 10.1. The minimum Gasteiger partial charge on any atom is -0.475 e. The molecule has 0 aliphatic carbocycles. The monoisotopic (exact) mass is 336 g/mol. The number of hydrogen-bond donors (Lipinski definition) is 0. The van der Waals surface area contributed by atoms with Crippen LogP contribution in [-0.4, -0.2) is 16.1 Å². The normalized spacial score (nSPS) is 10.8. The van der Waals surface area contributed by atoms with E-state index in [2.05, 4.69) is 17.1 Å². The number of nitrogens with zero attached hydrogens (tertiary/aromatic N) is 2. The smallest absolute Gasteiger partial charge is 0.218 e. The van der Waals surface area contributed by atoms with E-state index in [0.29, 0.717) is 5.88 Å². The predicted molar refractivity (Wildman–Crippen MR) is 99.2 cm³/mol. The Kier molecular flexibility index (Phi) is 5.49. The number of aromatic nitrogens is 2. The van der Waals surface area contributed by atoms with Gasteiger partial charge >= 0.3 is 0 Å². The van der Waals surface area contributed by atoms with Crippen molar-refractivity contribution in [2.75, 3.05) is 0 Å². The van der Waals surface area contributed by atoms with E-state index in [0.717, 1.165) is 22.2 Å². The molecule has 3 rings (SSSR count). The Balaban J connectivity index is 1.87. The standard InChI is InChI=1S/C20H20N2OS/c1-15(2)23-19-13-18(17-11-7-4-8-12-17)21-20(22-19)24-14-16-9-5-3-6-10-16/h3-13,15H,14H2,1-2H3. The number of thioether (sulfide) groups is 1. The van der Waals surface area contributed by atoms with Crippen LogP contribution >= 0.6 is 11.8 Å². The third-order valence-electron chi connectivity index (χ3n) is 3.32. The lowest BCUT2D eigenvalue weighted by molar-refractivity contribution is 0.230. The Morgan fingerprint density at radius 1 is 0.917 bits per heavy atom. The first-order chi connectivity index (χ1) is 11.7. The zero-order valence-electron chi connectivity index (χ0n) is 13.8. The summed E-state index contributed by atoms with van der Waals surface area (Å²) in [6.45, 7) is 4.00. The van der Waals surface area contributed by atoms with Crippen LogP contribution in [0.2, 0.25) is 0 Å². The number of ether oxygens (including phenoxy) is 1. The average molecular weight is 336 g/mol. The molecule has 0 amide bonds. The first-order valence-corrected chi connectivity index (χ1v) is 8.97. The van der Waals surface area contributed by atoms with Crippen LogP contribution in [0.4, 0.5) is 0 Å². The van der Waals surface area contributed by atoms with Gasteiger partial charge in [-0.05, 0) is 19.4 Å². The van der Waals surface area contributed by atoms with Crippen molar-refractivity contribution < 1.29 is 4.74 Å². The van der Waals surface area contributed by atoms with Gasteiger partial charge in [-0.1, -0.05) is 72.4 Å². The minimum atomic E-state index is 0.0792. The molecule has 1 aromatic heterocycles. The summed E-state index contributed by atoms with van der Waals surface area (Å²) in [5, 5.41) is 0.732. The van der Waals surface area contributed by atoms with Crippen molar-refractivity contribution in [1.82, 2.24) is 9.97 Å². The number of benzene rings is 2. The Morgan fingerprint density at radius 3 is 2.25 bits per heavy atom. The van der Waals surface area contributed by atoms with Crippen molar-refractivity contribution in [2.45, 2.75) is 30.9 Å². The highest BCUT2D eigenvalue weighted by Gasteiger charge is 2.09. The van der Waals surface area contributed by atoms with E-state index >= 15 is 0 Å². The van der Waals surface area contributed by atoms with E-state index in [1.165, 1.54) is 5.56 Å². The van der Waals surface area contributed by atoms with Crippen molar-refractivity contribution in [3.05, 3.63) is 72.3 Å². The van der Waals surface area contributed by atoms with Crippen molar-refractivity contribution >= 4 is 11.8 Å². The fourth-order valence-corrected chi connectivity index (χ4v) is 3.05. The molecule has 2 aromatic carbocycles. The number of hydrogen-bond acceptors (Lipinski definition) is 4. The summed E-state index contributed by atoms with van der Waals surface area (Å²) in [5.41, 5.74) is 3.20. The quantitative estimate of drug-likeness (QED) is 0.456. The predicted octanol–water partition coefficient (Wildman–Crippen LogP) is 5.22. The zero-order chi connectivity index (χ0) is 16.8. The highest BCUT2D eigenvalue weighted by molar-refractivity contribution is 7.98. The SMILES string of the molecule is CC(C)Oc1cc(-c2ccccc2)nc(SCc2ccccc2)n1. The Labute approximate surface area is 147 Å². The fourth-order valence-electron chi connectivity index (χ4n) is 2.25. The molecular formula is C20H20N2OS. The molecule has 3 aromatic rings.